The van der Waals surface area contributed by atoms with Crippen LogP contribution in [-0.2, 0) is 29.7 Å². The van der Waals surface area contributed by atoms with Gasteiger partial charge in [-0.25, -0.2) is 9.78 Å². The first-order valence-electron chi connectivity index (χ1n) is 9.23. The van der Waals surface area contributed by atoms with E-state index < -0.39 is 17.2 Å². The van der Waals surface area contributed by atoms with Gasteiger partial charge in [0.05, 0.1) is 10.8 Å². The number of benzene rings is 1. The van der Waals surface area contributed by atoms with Crippen LogP contribution in [0.1, 0.15) is 25.6 Å². The lowest BCUT2D eigenvalue weighted by molar-refractivity contribution is -0.141. The van der Waals surface area contributed by atoms with Gasteiger partial charge in [0.2, 0.25) is 0 Å². The Balaban J connectivity index is 1.74. The Bertz CT molecular complexity index is 1200. The zero-order valence-corrected chi connectivity index (χ0v) is 18.7. The number of aryl methyl sites for hydroxylation is 2. The maximum absolute atomic E-state index is 12.3. The van der Waals surface area contributed by atoms with Crippen LogP contribution in [0.2, 0.25) is 10.0 Å². The van der Waals surface area contributed by atoms with Gasteiger partial charge in [0.1, 0.15) is 12.4 Å². The molecule has 0 amide bonds. The summed E-state index contributed by atoms with van der Waals surface area (Å²) in [5.74, 6) is -0.0721. The predicted octanol–water partition coefficient (Wildman–Crippen LogP) is 3.37. The maximum atomic E-state index is 12.3. The summed E-state index contributed by atoms with van der Waals surface area (Å²) in [5, 5.41) is 1.02. The highest BCUT2D eigenvalue weighted by atomic mass is 35.5. The van der Waals surface area contributed by atoms with E-state index in [1.54, 1.807) is 25.2 Å². The van der Waals surface area contributed by atoms with Crippen molar-refractivity contribution in [1.82, 2.24) is 19.1 Å². The highest BCUT2D eigenvalue weighted by Crippen LogP contribution is 2.29. The fourth-order valence-electron chi connectivity index (χ4n) is 2.86. The van der Waals surface area contributed by atoms with Gasteiger partial charge in [-0.2, -0.15) is 0 Å². The largest absolute Gasteiger partial charge is 0.457 e. The molecule has 1 aromatic carbocycles. The molecule has 0 saturated carbocycles. The standard InChI is InChI=1S/C19H20Cl2N4O4S/c1-3-4-7-25-17-16(18(27)23-19(25)28)24(2)14(22-17)9-29-15(26)10-30-13-8-11(20)5-6-12(13)21/h5-6,8H,3-4,7,9-10H2,1-2H3,(H,23,27,28). The van der Waals surface area contributed by atoms with Crippen molar-refractivity contribution >= 4 is 52.1 Å². The molecule has 0 atom stereocenters. The number of rotatable bonds is 8. The Morgan fingerprint density at radius 3 is 2.80 bits per heavy atom. The summed E-state index contributed by atoms with van der Waals surface area (Å²) in [6.07, 6.45) is 1.66. The fourth-order valence-corrected chi connectivity index (χ4v) is 4.15. The van der Waals surface area contributed by atoms with Crippen molar-refractivity contribution in [3.63, 3.8) is 0 Å². The summed E-state index contributed by atoms with van der Waals surface area (Å²) in [4.78, 5) is 44.0. The number of carbonyl (C=O) groups excluding carboxylic acids is 1. The number of ether oxygens (including phenoxy) is 1. The van der Waals surface area contributed by atoms with Crippen molar-refractivity contribution in [3.8, 4) is 0 Å². The Morgan fingerprint density at radius 2 is 2.07 bits per heavy atom. The summed E-state index contributed by atoms with van der Waals surface area (Å²) in [5.41, 5.74) is -0.485. The first kappa shape index (κ1) is 22.5. The van der Waals surface area contributed by atoms with E-state index in [2.05, 4.69) is 9.97 Å². The van der Waals surface area contributed by atoms with Crippen molar-refractivity contribution in [2.75, 3.05) is 5.75 Å². The Hall–Kier alpha value is -2.23. The van der Waals surface area contributed by atoms with E-state index in [0.29, 0.717) is 27.3 Å². The molecule has 2 aromatic heterocycles. The molecule has 0 bridgehead atoms. The number of aromatic amines is 1. The van der Waals surface area contributed by atoms with Gasteiger partial charge in [0.15, 0.2) is 11.2 Å². The number of nitrogens with one attached hydrogen (secondary N) is 1. The minimum atomic E-state index is -0.526. The number of hydrogen-bond donors (Lipinski definition) is 1. The molecule has 30 heavy (non-hydrogen) atoms. The highest BCUT2D eigenvalue weighted by molar-refractivity contribution is 8.00. The Kier molecular flexibility index (Phi) is 7.27. The number of fused-ring (bicyclic) bond motifs is 1. The molecule has 0 aliphatic rings. The molecule has 0 unspecified atom stereocenters. The number of thioether (sulfide) groups is 1. The SMILES string of the molecule is CCCCn1c(=O)[nH]c(=O)c2c1nc(COC(=O)CSc1cc(Cl)ccc1Cl)n2C. The van der Waals surface area contributed by atoms with Crippen LogP contribution in [0.4, 0.5) is 0 Å². The summed E-state index contributed by atoms with van der Waals surface area (Å²) in [6, 6.07) is 5.00. The van der Waals surface area contributed by atoms with Crippen LogP contribution < -0.4 is 11.2 Å². The van der Waals surface area contributed by atoms with Gasteiger partial charge in [0.25, 0.3) is 5.56 Å². The predicted molar refractivity (Wildman–Crippen MR) is 117 cm³/mol. The first-order chi connectivity index (χ1) is 14.3. The third kappa shape index (κ3) is 4.91. The fraction of sp³-hybridized carbons (Fsp3) is 0.368. The minimum absolute atomic E-state index is 0.0335. The third-order valence-electron chi connectivity index (χ3n) is 4.44. The smallest absolute Gasteiger partial charge is 0.330 e. The average Bonchev–Trinajstić information content (AvgIpc) is 3.03. The van der Waals surface area contributed by atoms with E-state index in [9.17, 15) is 14.4 Å². The number of H-pyrrole nitrogens is 1. The zero-order chi connectivity index (χ0) is 21.8. The molecule has 2 heterocycles. The van der Waals surface area contributed by atoms with Gasteiger partial charge < -0.3 is 9.30 Å². The monoisotopic (exact) mass is 470 g/mol. The number of nitrogens with zero attached hydrogens (tertiary/aromatic N) is 3. The molecule has 1 N–H and O–H groups in total. The van der Waals surface area contributed by atoms with Crippen molar-refractivity contribution in [1.29, 1.82) is 0 Å². The van der Waals surface area contributed by atoms with E-state index in [0.717, 1.165) is 12.8 Å². The van der Waals surface area contributed by atoms with Crippen molar-refractivity contribution in [2.45, 2.75) is 37.8 Å². The van der Waals surface area contributed by atoms with Crippen molar-refractivity contribution < 1.29 is 9.53 Å². The van der Waals surface area contributed by atoms with E-state index in [-0.39, 0.29) is 23.5 Å². The topological polar surface area (TPSA) is 99.0 Å². The molecule has 0 saturated heterocycles. The molecule has 3 rings (SSSR count). The second-order valence-corrected chi connectivity index (χ2v) is 8.41. The van der Waals surface area contributed by atoms with Crippen LogP contribution >= 0.6 is 35.0 Å². The third-order valence-corrected chi connectivity index (χ3v) is 6.15. The van der Waals surface area contributed by atoms with Crippen LogP contribution in [0.5, 0.6) is 0 Å². The van der Waals surface area contributed by atoms with Crippen molar-refractivity contribution in [2.24, 2.45) is 7.05 Å². The molecule has 11 heteroatoms. The lowest BCUT2D eigenvalue weighted by Crippen LogP contribution is -2.31. The van der Waals surface area contributed by atoms with Crippen LogP contribution in [-0.4, -0.2) is 30.8 Å². The van der Waals surface area contributed by atoms with Gasteiger partial charge in [0, 0.05) is 23.5 Å². The van der Waals surface area contributed by atoms with E-state index in [1.807, 2.05) is 6.92 Å². The molecular formula is C19H20Cl2N4O4S. The number of unbranched alkanes of at least 4 members (excludes halogenated alkanes) is 1. The molecular weight excluding hydrogens is 451 g/mol. The Morgan fingerprint density at radius 1 is 1.30 bits per heavy atom. The Labute approximate surface area is 186 Å². The van der Waals surface area contributed by atoms with Gasteiger partial charge >= 0.3 is 11.7 Å². The number of esters is 1. The first-order valence-corrected chi connectivity index (χ1v) is 11.0. The maximum Gasteiger partial charge on any atom is 0.330 e. The van der Waals surface area contributed by atoms with Crippen LogP contribution in [0.3, 0.4) is 0 Å². The lowest BCUT2D eigenvalue weighted by Gasteiger charge is -2.06. The summed E-state index contributed by atoms with van der Waals surface area (Å²) in [6.45, 7) is 2.32. The summed E-state index contributed by atoms with van der Waals surface area (Å²) >= 11 is 13.2. The van der Waals surface area contributed by atoms with Crippen LogP contribution in [0, 0.1) is 0 Å². The quantitative estimate of drug-likeness (QED) is 0.400. The lowest BCUT2D eigenvalue weighted by atomic mass is 10.3. The molecule has 0 fully saturated rings. The molecule has 8 nitrogen and oxygen atoms in total. The van der Waals surface area contributed by atoms with E-state index in [1.165, 1.54) is 20.9 Å². The second kappa shape index (κ2) is 9.72. The number of hydrogen-bond acceptors (Lipinski definition) is 6. The average molecular weight is 471 g/mol. The van der Waals surface area contributed by atoms with Crippen LogP contribution in [0.25, 0.3) is 11.2 Å². The van der Waals surface area contributed by atoms with Gasteiger partial charge in [-0.3, -0.25) is 19.1 Å². The number of imidazole rings is 1. The summed E-state index contributed by atoms with van der Waals surface area (Å²) in [7, 11) is 1.64. The normalized spacial score (nSPS) is 11.2. The van der Waals surface area contributed by atoms with Crippen LogP contribution in [0.15, 0.2) is 32.7 Å². The molecule has 0 radical (unpaired) electrons. The van der Waals surface area contributed by atoms with E-state index in [4.69, 9.17) is 27.9 Å². The molecule has 0 aliphatic heterocycles. The molecule has 3 aromatic rings. The number of aromatic nitrogens is 4. The molecule has 0 aliphatic carbocycles. The summed E-state index contributed by atoms with van der Waals surface area (Å²) < 4.78 is 8.27. The minimum Gasteiger partial charge on any atom is -0.457 e. The van der Waals surface area contributed by atoms with Crippen molar-refractivity contribution in [3.05, 3.63) is 54.9 Å². The zero-order valence-electron chi connectivity index (χ0n) is 16.4. The number of carbonyl (C=O) groups is 1. The molecule has 160 valence electrons. The second-order valence-electron chi connectivity index (χ2n) is 6.55. The van der Waals surface area contributed by atoms with Gasteiger partial charge in [-0.15, -0.1) is 11.8 Å². The molecule has 0 spiro atoms. The van der Waals surface area contributed by atoms with Gasteiger partial charge in [-0.05, 0) is 24.6 Å². The van der Waals surface area contributed by atoms with E-state index >= 15 is 0 Å². The number of halogens is 2. The van der Waals surface area contributed by atoms with Gasteiger partial charge in [-0.1, -0.05) is 36.5 Å². The highest BCUT2D eigenvalue weighted by Gasteiger charge is 2.17.